The van der Waals surface area contributed by atoms with E-state index in [1.165, 1.54) is 0 Å². The van der Waals surface area contributed by atoms with Gasteiger partial charge in [-0.1, -0.05) is 18.7 Å². The molecule has 1 aromatic heterocycles. The summed E-state index contributed by atoms with van der Waals surface area (Å²) in [6.07, 6.45) is 2.92. The molecule has 5 heteroatoms. The van der Waals surface area contributed by atoms with E-state index in [2.05, 4.69) is 29.4 Å². The molecule has 0 fully saturated rings. The Morgan fingerprint density at radius 3 is 2.76 bits per heavy atom. The normalized spacial score (nSPS) is 13.0. The molecule has 110 valence electrons. The average Bonchev–Trinajstić information content (AvgIpc) is 2.53. The molecule has 1 aliphatic heterocycles. The summed E-state index contributed by atoms with van der Waals surface area (Å²) in [5, 5.41) is 3.30. The van der Waals surface area contributed by atoms with E-state index in [0.29, 0.717) is 13.2 Å². The van der Waals surface area contributed by atoms with Crippen LogP contribution in [0.4, 0.5) is 5.82 Å². The van der Waals surface area contributed by atoms with Crippen molar-refractivity contribution in [1.82, 2.24) is 4.98 Å². The molecular weight excluding hydrogens is 284 g/mol. The maximum Gasteiger partial charge on any atom is 0.162 e. The van der Waals surface area contributed by atoms with E-state index >= 15 is 0 Å². The third-order valence-corrected chi connectivity index (χ3v) is 4.02. The SMILES string of the molecule is CCCNc1cc(Sc2ccc3c(c2)OCCO3)ccn1. The smallest absolute Gasteiger partial charge is 0.162 e. The van der Waals surface area contributed by atoms with E-state index in [1.807, 2.05) is 24.4 Å². The van der Waals surface area contributed by atoms with Crippen molar-refractivity contribution in [3.8, 4) is 11.5 Å². The van der Waals surface area contributed by atoms with Gasteiger partial charge in [-0.25, -0.2) is 4.98 Å². The molecule has 0 unspecified atom stereocenters. The maximum absolute atomic E-state index is 5.62. The Labute approximate surface area is 128 Å². The van der Waals surface area contributed by atoms with E-state index in [4.69, 9.17) is 9.47 Å². The molecule has 4 nitrogen and oxygen atoms in total. The first-order valence-electron chi connectivity index (χ1n) is 7.12. The molecule has 2 heterocycles. The van der Waals surface area contributed by atoms with Gasteiger partial charge >= 0.3 is 0 Å². The summed E-state index contributed by atoms with van der Waals surface area (Å²) >= 11 is 1.69. The topological polar surface area (TPSA) is 43.4 Å². The number of hydrogen-bond donors (Lipinski definition) is 1. The van der Waals surface area contributed by atoms with Gasteiger partial charge in [0.05, 0.1) is 0 Å². The molecule has 2 aromatic rings. The minimum atomic E-state index is 0.613. The molecule has 1 N–H and O–H groups in total. The number of fused-ring (bicyclic) bond motifs is 1. The van der Waals surface area contributed by atoms with Gasteiger partial charge in [0.25, 0.3) is 0 Å². The number of pyridine rings is 1. The lowest BCUT2D eigenvalue weighted by molar-refractivity contribution is 0.171. The van der Waals surface area contributed by atoms with Gasteiger partial charge in [0.1, 0.15) is 19.0 Å². The van der Waals surface area contributed by atoms with Crippen molar-refractivity contribution >= 4 is 17.6 Å². The van der Waals surface area contributed by atoms with Crippen LogP contribution in [0.15, 0.2) is 46.3 Å². The van der Waals surface area contributed by atoms with E-state index in [0.717, 1.165) is 40.1 Å². The average molecular weight is 302 g/mol. The Morgan fingerprint density at radius 1 is 1.10 bits per heavy atom. The lowest BCUT2D eigenvalue weighted by Crippen LogP contribution is -2.15. The molecule has 0 bridgehead atoms. The lowest BCUT2D eigenvalue weighted by Gasteiger charge is -2.18. The molecule has 3 rings (SSSR count). The molecule has 0 atom stereocenters. The van der Waals surface area contributed by atoms with Gasteiger partial charge in [0.2, 0.25) is 0 Å². The molecule has 0 saturated carbocycles. The number of benzene rings is 1. The number of hydrogen-bond acceptors (Lipinski definition) is 5. The zero-order valence-electron chi connectivity index (χ0n) is 12.0. The summed E-state index contributed by atoms with van der Waals surface area (Å²) in [7, 11) is 0. The van der Waals surface area contributed by atoms with Crippen LogP contribution in [-0.2, 0) is 0 Å². The first-order valence-corrected chi connectivity index (χ1v) is 7.94. The quantitative estimate of drug-likeness (QED) is 0.909. The first kappa shape index (κ1) is 14.1. The summed E-state index contributed by atoms with van der Waals surface area (Å²) in [4.78, 5) is 6.60. The molecule has 0 spiro atoms. The zero-order chi connectivity index (χ0) is 14.5. The van der Waals surface area contributed by atoms with Gasteiger partial charge in [-0.15, -0.1) is 0 Å². The van der Waals surface area contributed by atoms with Crippen molar-refractivity contribution in [3.05, 3.63) is 36.5 Å². The summed E-state index contributed by atoms with van der Waals surface area (Å²) in [5.74, 6) is 2.56. The van der Waals surface area contributed by atoms with Crippen LogP contribution in [0.5, 0.6) is 11.5 Å². The molecule has 0 amide bonds. The second-order valence-electron chi connectivity index (χ2n) is 4.71. The first-order chi connectivity index (χ1) is 10.3. The van der Waals surface area contributed by atoms with Crippen LogP contribution in [0.3, 0.4) is 0 Å². The summed E-state index contributed by atoms with van der Waals surface area (Å²) in [5.41, 5.74) is 0. The highest BCUT2D eigenvalue weighted by Gasteiger charge is 2.12. The van der Waals surface area contributed by atoms with Crippen LogP contribution in [0.25, 0.3) is 0 Å². The number of rotatable bonds is 5. The van der Waals surface area contributed by atoms with Crippen LogP contribution >= 0.6 is 11.8 Å². The Bertz CT molecular complexity index is 619. The largest absolute Gasteiger partial charge is 0.486 e. The fourth-order valence-electron chi connectivity index (χ4n) is 2.05. The van der Waals surface area contributed by atoms with E-state index in [1.54, 1.807) is 11.8 Å². The molecular formula is C16H18N2O2S. The highest BCUT2D eigenvalue weighted by molar-refractivity contribution is 7.99. The standard InChI is InChI=1S/C16H18N2O2S/c1-2-6-17-16-11-13(5-7-18-16)21-12-3-4-14-15(10-12)20-9-8-19-14/h3-5,7,10-11H,2,6,8-9H2,1H3,(H,17,18). The van der Waals surface area contributed by atoms with E-state index in [9.17, 15) is 0 Å². The molecule has 0 saturated heterocycles. The molecule has 1 aliphatic rings. The van der Waals surface area contributed by atoms with Crippen LogP contribution < -0.4 is 14.8 Å². The van der Waals surface area contributed by atoms with Crippen molar-refractivity contribution in [2.24, 2.45) is 0 Å². The van der Waals surface area contributed by atoms with Crippen LogP contribution in [0.1, 0.15) is 13.3 Å². The molecule has 0 radical (unpaired) electrons. The Kier molecular flexibility index (Phi) is 4.50. The number of nitrogens with zero attached hydrogens (tertiary/aromatic N) is 1. The Hall–Kier alpha value is -1.88. The summed E-state index contributed by atoms with van der Waals surface area (Å²) < 4.78 is 11.2. The van der Waals surface area contributed by atoms with Crippen molar-refractivity contribution in [2.45, 2.75) is 23.1 Å². The van der Waals surface area contributed by atoms with E-state index < -0.39 is 0 Å². The van der Waals surface area contributed by atoms with Crippen molar-refractivity contribution in [3.63, 3.8) is 0 Å². The Morgan fingerprint density at radius 2 is 1.90 bits per heavy atom. The second kappa shape index (κ2) is 6.72. The van der Waals surface area contributed by atoms with Gasteiger partial charge in [0, 0.05) is 22.5 Å². The van der Waals surface area contributed by atoms with Crippen molar-refractivity contribution in [2.75, 3.05) is 25.1 Å². The molecule has 21 heavy (non-hydrogen) atoms. The predicted octanol–water partition coefficient (Wildman–Crippen LogP) is 3.83. The van der Waals surface area contributed by atoms with Gasteiger partial charge in [-0.2, -0.15) is 0 Å². The van der Waals surface area contributed by atoms with Crippen LogP contribution in [-0.4, -0.2) is 24.7 Å². The second-order valence-corrected chi connectivity index (χ2v) is 5.86. The fraction of sp³-hybridized carbons (Fsp3) is 0.312. The number of nitrogens with one attached hydrogen (secondary N) is 1. The van der Waals surface area contributed by atoms with E-state index in [-0.39, 0.29) is 0 Å². The minimum absolute atomic E-state index is 0.613. The highest BCUT2D eigenvalue weighted by atomic mass is 32.2. The van der Waals surface area contributed by atoms with Gasteiger partial charge < -0.3 is 14.8 Å². The van der Waals surface area contributed by atoms with Gasteiger partial charge in [-0.3, -0.25) is 0 Å². The number of anilines is 1. The van der Waals surface area contributed by atoms with Crippen LogP contribution in [0.2, 0.25) is 0 Å². The van der Waals surface area contributed by atoms with Gasteiger partial charge in [-0.05, 0) is 36.8 Å². The number of aromatic nitrogens is 1. The summed E-state index contributed by atoms with van der Waals surface area (Å²) in [6, 6.07) is 10.1. The van der Waals surface area contributed by atoms with Crippen molar-refractivity contribution < 1.29 is 9.47 Å². The highest BCUT2D eigenvalue weighted by Crippen LogP contribution is 2.37. The van der Waals surface area contributed by atoms with Crippen molar-refractivity contribution in [1.29, 1.82) is 0 Å². The third-order valence-electron chi connectivity index (χ3n) is 3.04. The number of ether oxygens (including phenoxy) is 2. The lowest BCUT2D eigenvalue weighted by atomic mass is 10.3. The van der Waals surface area contributed by atoms with Crippen LogP contribution in [0, 0.1) is 0 Å². The third kappa shape index (κ3) is 3.61. The minimum Gasteiger partial charge on any atom is -0.486 e. The molecule has 0 aliphatic carbocycles. The predicted molar refractivity (Wildman–Crippen MR) is 84.6 cm³/mol. The zero-order valence-corrected chi connectivity index (χ0v) is 12.8. The monoisotopic (exact) mass is 302 g/mol. The summed E-state index contributed by atoms with van der Waals surface area (Å²) in [6.45, 7) is 4.31. The molecule has 1 aromatic carbocycles. The fourth-order valence-corrected chi connectivity index (χ4v) is 2.92. The maximum atomic E-state index is 5.62. The Balaban J connectivity index is 1.74. The van der Waals surface area contributed by atoms with Gasteiger partial charge in [0.15, 0.2) is 11.5 Å².